The van der Waals surface area contributed by atoms with Gasteiger partial charge in [-0.25, -0.2) is 4.79 Å². The molecule has 0 saturated carbocycles. The highest BCUT2D eigenvalue weighted by atomic mass is 16.7. The quantitative estimate of drug-likeness (QED) is 0.0213. The van der Waals surface area contributed by atoms with Gasteiger partial charge in [-0.1, -0.05) is 159 Å². The molecule has 0 aromatic rings. The van der Waals surface area contributed by atoms with E-state index in [1.807, 2.05) is 21.1 Å². The van der Waals surface area contributed by atoms with Gasteiger partial charge >= 0.3 is 17.9 Å². The summed E-state index contributed by atoms with van der Waals surface area (Å²) in [5, 5.41) is 9.65. The van der Waals surface area contributed by atoms with Gasteiger partial charge in [0.15, 0.2) is 6.10 Å². The van der Waals surface area contributed by atoms with Gasteiger partial charge in [0.25, 0.3) is 6.29 Å². The number of nitrogens with zero attached hydrogens (tertiary/aromatic N) is 1. The van der Waals surface area contributed by atoms with Crippen molar-refractivity contribution in [2.45, 2.75) is 219 Å². The molecule has 0 spiro atoms. The lowest BCUT2D eigenvalue weighted by molar-refractivity contribution is -0.870. The molecule has 2 unspecified atom stereocenters. The topological polar surface area (TPSA) is 108 Å². The van der Waals surface area contributed by atoms with E-state index in [0.717, 1.165) is 51.4 Å². The van der Waals surface area contributed by atoms with Gasteiger partial charge in [-0.15, -0.1) is 0 Å². The Morgan fingerprint density at radius 2 is 0.915 bits per heavy atom. The van der Waals surface area contributed by atoms with Crippen molar-refractivity contribution in [2.75, 3.05) is 47.5 Å². The number of carbonyl (C=O) groups is 3. The molecule has 0 bridgehead atoms. The number of quaternary nitrogens is 1. The second-order valence-electron chi connectivity index (χ2n) is 17.4. The first-order chi connectivity index (χ1) is 28.6. The molecule has 344 valence electrons. The summed E-state index contributed by atoms with van der Waals surface area (Å²) >= 11 is 0. The summed E-state index contributed by atoms with van der Waals surface area (Å²) in [5.74, 6) is -2.02. The monoisotopic (exact) mass is 835 g/mol. The van der Waals surface area contributed by atoms with Crippen LogP contribution in [-0.2, 0) is 33.3 Å². The van der Waals surface area contributed by atoms with Crippen molar-refractivity contribution >= 4 is 17.9 Å². The standard InChI is InChI=1S/C50H91NO8/c1-6-8-10-12-14-16-18-20-22-24-26-28-30-32-34-36-38-40-47(52)57-44-46(45-58-50(49(54)55)56-43-42-51(3,4)5)59-48(53)41-39-37-35-33-31-29-27-25-23-21-19-17-15-13-11-9-7-2/h15,17,20-23,46,50H,6-14,16,18-19,24-45H2,1-5H3/p+1/b17-15-,22-20-,23-21-. The third kappa shape index (κ3) is 43.4. The minimum absolute atomic E-state index is 0.185. The molecule has 9 nitrogen and oxygen atoms in total. The summed E-state index contributed by atoms with van der Waals surface area (Å²) in [5.41, 5.74) is 0. The Hall–Kier alpha value is -2.49. The van der Waals surface area contributed by atoms with Gasteiger partial charge in [-0.05, 0) is 70.6 Å². The lowest BCUT2D eigenvalue weighted by Gasteiger charge is -2.25. The van der Waals surface area contributed by atoms with E-state index in [1.54, 1.807) is 0 Å². The second kappa shape index (κ2) is 42.2. The Balaban J connectivity index is 4.41. The number of esters is 2. The third-order valence-corrected chi connectivity index (χ3v) is 10.4. The number of aliphatic carboxylic acids is 1. The van der Waals surface area contributed by atoms with E-state index in [9.17, 15) is 19.5 Å². The first kappa shape index (κ1) is 56.5. The van der Waals surface area contributed by atoms with Crippen LogP contribution < -0.4 is 0 Å². The van der Waals surface area contributed by atoms with Crippen LogP contribution in [0.4, 0.5) is 0 Å². The molecule has 0 saturated heterocycles. The third-order valence-electron chi connectivity index (χ3n) is 10.4. The smallest absolute Gasteiger partial charge is 0.361 e. The van der Waals surface area contributed by atoms with Crippen molar-refractivity contribution in [3.05, 3.63) is 36.5 Å². The fourth-order valence-corrected chi connectivity index (χ4v) is 6.57. The number of carboxylic acid groups (broad SMARTS) is 1. The molecule has 0 aliphatic rings. The molecule has 0 aliphatic carbocycles. The highest BCUT2D eigenvalue weighted by Gasteiger charge is 2.25. The van der Waals surface area contributed by atoms with Crippen molar-refractivity contribution in [1.82, 2.24) is 0 Å². The minimum Gasteiger partial charge on any atom is -0.477 e. The van der Waals surface area contributed by atoms with Crippen molar-refractivity contribution in [3.63, 3.8) is 0 Å². The minimum atomic E-state index is -1.51. The second-order valence-corrected chi connectivity index (χ2v) is 17.4. The highest BCUT2D eigenvalue weighted by molar-refractivity contribution is 5.71. The molecule has 9 heteroatoms. The Morgan fingerprint density at radius 1 is 0.508 bits per heavy atom. The number of ether oxygens (including phenoxy) is 4. The molecular weight excluding hydrogens is 743 g/mol. The first-order valence-electron chi connectivity index (χ1n) is 24.2. The molecule has 0 radical (unpaired) electrons. The maximum Gasteiger partial charge on any atom is 0.361 e. The van der Waals surface area contributed by atoms with Crippen LogP contribution in [0.25, 0.3) is 0 Å². The predicted octanol–water partition coefficient (Wildman–Crippen LogP) is 13.0. The van der Waals surface area contributed by atoms with Crippen LogP contribution in [0.3, 0.4) is 0 Å². The van der Waals surface area contributed by atoms with Crippen LogP contribution in [0, 0.1) is 0 Å². The highest BCUT2D eigenvalue weighted by Crippen LogP contribution is 2.14. The average molecular weight is 835 g/mol. The molecule has 2 atom stereocenters. The van der Waals surface area contributed by atoms with Crippen LogP contribution in [0.1, 0.15) is 206 Å². The van der Waals surface area contributed by atoms with E-state index in [1.165, 1.54) is 122 Å². The zero-order valence-electron chi connectivity index (χ0n) is 38.9. The number of hydrogen-bond acceptors (Lipinski definition) is 7. The molecule has 0 amide bonds. The summed E-state index contributed by atoms with van der Waals surface area (Å²) in [6, 6.07) is 0. The fourth-order valence-electron chi connectivity index (χ4n) is 6.57. The van der Waals surface area contributed by atoms with Gasteiger partial charge < -0.3 is 28.5 Å². The van der Waals surface area contributed by atoms with E-state index in [4.69, 9.17) is 18.9 Å². The van der Waals surface area contributed by atoms with Gasteiger partial charge in [0.05, 0.1) is 34.4 Å². The zero-order chi connectivity index (χ0) is 43.5. The summed E-state index contributed by atoms with van der Waals surface area (Å²) in [4.78, 5) is 37.2. The average Bonchev–Trinajstić information content (AvgIpc) is 3.19. The van der Waals surface area contributed by atoms with Crippen LogP contribution in [0.15, 0.2) is 36.5 Å². The molecule has 0 aromatic carbocycles. The number of allylic oxidation sites excluding steroid dienone is 6. The Morgan fingerprint density at radius 3 is 1.39 bits per heavy atom. The SMILES string of the molecule is CCCCC/C=C\C/C=C\CCCCCCCCCC(=O)OC(COC(=O)CCCCCCCCC/C=C\CCCCCCCC)COC(OCC[N+](C)(C)C)C(=O)O. The molecule has 0 aliphatic heterocycles. The number of hydrogen-bond donors (Lipinski definition) is 1. The van der Waals surface area contributed by atoms with Crippen LogP contribution >= 0.6 is 0 Å². The van der Waals surface area contributed by atoms with E-state index < -0.39 is 24.3 Å². The molecule has 59 heavy (non-hydrogen) atoms. The number of carboxylic acids is 1. The number of unbranched alkanes of at least 4 members (excludes halogenated alkanes) is 23. The van der Waals surface area contributed by atoms with Gasteiger partial charge in [0, 0.05) is 12.8 Å². The van der Waals surface area contributed by atoms with Gasteiger partial charge in [0.2, 0.25) is 0 Å². The molecular formula is C50H92NO8+. The van der Waals surface area contributed by atoms with Gasteiger partial charge in [-0.2, -0.15) is 0 Å². The number of carbonyl (C=O) groups excluding carboxylic acids is 2. The molecule has 0 aromatic heterocycles. The zero-order valence-corrected chi connectivity index (χ0v) is 38.9. The lowest BCUT2D eigenvalue weighted by atomic mass is 10.1. The largest absolute Gasteiger partial charge is 0.477 e. The van der Waals surface area contributed by atoms with Crippen LogP contribution in [-0.4, -0.2) is 87.4 Å². The van der Waals surface area contributed by atoms with E-state index in [-0.39, 0.29) is 32.2 Å². The number of likely N-dealkylation sites (N-methyl/N-ethyl adjacent to an activating group) is 1. The number of rotatable bonds is 44. The summed E-state index contributed by atoms with van der Waals surface area (Å²) in [6.45, 7) is 4.84. The van der Waals surface area contributed by atoms with Gasteiger partial charge in [0.1, 0.15) is 13.2 Å². The summed E-state index contributed by atoms with van der Waals surface area (Å²) in [7, 11) is 5.95. The Kier molecular flexibility index (Phi) is 40.4. The van der Waals surface area contributed by atoms with Crippen molar-refractivity contribution in [1.29, 1.82) is 0 Å². The van der Waals surface area contributed by atoms with E-state index in [0.29, 0.717) is 23.9 Å². The molecule has 0 rings (SSSR count). The first-order valence-corrected chi connectivity index (χ1v) is 24.2. The Labute approximate surface area is 362 Å². The normalized spacial score (nSPS) is 13.2. The van der Waals surface area contributed by atoms with Crippen molar-refractivity contribution < 1.29 is 42.9 Å². The van der Waals surface area contributed by atoms with Gasteiger partial charge in [-0.3, -0.25) is 9.59 Å². The lowest BCUT2D eigenvalue weighted by Crippen LogP contribution is -2.40. The summed E-state index contributed by atoms with van der Waals surface area (Å²) < 4.78 is 22.8. The van der Waals surface area contributed by atoms with Crippen LogP contribution in [0.2, 0.25) is 0 Å². The predicted molar refractivity (Wildman–Crippen MR) is 244 cm³/mol. The van der Waals surface area contributed by atoms with Crippen molar-refractivity contribution in [2.24, 2.45) is 0 Å². The maximum atomic E-state index is 12.8. The summed E-state index contributed by atoms with van der Waals surface area (Å²) in [6.07, 6.45) is 44.8. The Bertz CT molecular complexity index is 1070. The van der Waals surface area contributed by atoms with E-state index in [2.05, 4.69) is 50.3 Å². The molecule has 1 N–H and O–H groups in total. The molecule has 0 fully saturated rings. The van der Waals surface area contributed by atoms with Crippen LogP contribution in [0.5, 0.6) is 0 Å². The maximum absolute atomic E-state index is 12.8. The molecule has 0 heterocycles. The van der Waals surface area contributed by atoms with E-state index >= 15 is 0 Å². The van der Waals surface area contributed by atoms with Crippen molar-refractivity contribution in [3.8, 4) is 0 Å². The fraction of sp³-hybridized carbons (Fsp3) is 0.820.